The van der Waals surface area contributed by atoms with Gasteiger partial charge in [-0.05, 0) is 50.8 Å². The van der Waals surface area contributed by atoms with Gasteiger partial charge in [-0.3, -0.25) is 0 Å². The van der Waals surface area contributed by atoms with Gasteiger partial charge in [0.1, 0.15) is 6.33 Å². The summed E-state index contributed by atoms with van der Waals surface area (Å²) in [5.74, 6) is 0. The molecule has 0 bridgehead atoms. The van der Waals surface area contributed by atoms with Gasteiger partial charge in [0.15, 0.2) is 0 Å². The molecule has 25 heavy (non-hydrogen) atoms. The summed E-state index contributed by atoms with van der Waals surface area (Å²) in [6, 6.07) is 7.21. The van der Waals surface area contributed by atoms with E-state index in [4.69, 9.17) is 0 Å². The van der Waals surface area contributed by atoms with Crippen molar-refractivity contribution in [3.8, 4) is 6.07 Å². The molecule has 1 unspecified atom stereocenters. The van der Waals surface area contributed by atoms with Crippen LogP contribution in [0.3, 0.4) is 0 Å². The highest BCUT2D eigenvalue weighted by Crippen LogP contribution is 2.58. The number of benzene rings is 1. The first-order valence-corrected chi connectivity index (χ1v) is 9.80. The maximum Gasteiger partial charge on any atom is 0.253 e. The second-order valence-electron chi connectivity index (χ2n) is 7.06. The van der Waals surface area contributed by atoms with Gasteiger partial charge in [0.05, 0.1) is 27.4 Å². The number of sulfonamides is 1. The SMILES string of the molecule is CC1(C2(C#N)CC2)CCCN1NS(=O)(=O)c1ccc2ncncc2c1. The second-order valence-corrected chi connectivity index (χ2v) is 8.72. The minimum atomic E-state index is -3.74. The van der Waals surface area contributed by atoms with E-state index in [0.29, 0.717) is 17.4 Å². The summed E-state index contributed by atoms with van der Waals surface area (Å²) >= 11 is 0. The number of nitrogens with zero attached hydrogens (tertiary/aromatic N) is 4. The first-order chi connectivity index (χ1) is 11.9. The first kappa shape index (κ1) is 16.4. The van der Waals surface area contributed by atoms with E-state index in [1.54, 1.807) is 29.4 Å². The lowest BCUT2D eigenvalue weighted by Crippen LogP contribution is -2.56. The van der Waals surface area contributed by atoms with Crippen LogP contribution >= 0.6 is 0 Å². The highest BCUT2D eigenvalue weighted by Gasteiger charge is 2.62. The molecule has 2 fully saturated rings. The van der Waals surface area contributed by atoms with Gasteiger partial charge < -0.3 is 0 Å². The summed E-state index contributed by atoms with van der Waals surface area (Å²) in [5, 5.41) is 12.0. The van der Waals surface area contributed by atoms with E-state index >= 15 is 0 Å². The Morgan fingerprint density at radius 1 is 1.32 bits per heavy atom. The van der Waals surface area contributed by atoms with Crippen LogP contribution in [-0.4, -0.2) is 35.5 Å². The molecule has 2 aliphatic rings. The zero-order chi connectivity index (χ0) is 17.7. The molecule has 1 saturated carbocycles. The minimum absolute atomic E-state index is 0.172. The third kappa shape index (κ3) is 2.51. The van der Waals surface area contributed by atoms with Crippen LogP contribution in [0.25, 0.3) is 10.9 Å². The summed E-state index contributed by atoms with van der Waals surface area (Å²) in [4.78, 5) is 10.9. The van der Waals surface area contributed by atoms with E-state index in [9.17, 15) is 13.7 Å². The Kier molecular flexibility index (Phi) is 3.58. The van der Waals surface area contributed by atoms with Gasteiger partial charge in [-0.1, -0.05) is 0 Å². The summed E-state index contributed by atoms with van der Waals surface area (Å²) in [5.41, 5.74) is -0.209. The lowest BCUT2D eigenvalue weighted by atomic mass is 9.82. The Labute approximate surface area is 146 Å². The van der Waals surface area contributed by atoms with Crippen molar-refractivity contribution in [3.63, 3.8) is 0 Å². The highest BCUT2D eigenvalue weighted by atomic mass is 32.2. The standard InChI is InChI=1S/C17H19N5O2S/c1-16(17(11-18)6-7-17)5-2-8-22(16)21-25(23,24)14-3-4-15-13(9-14)10-19-12-20-15/h3-4,9-10,12,21H,2,5-8H2,1H3. The van der Waals surface area contributed by atoms with Crippen molar-refractivity contribution in [1.82, 2.24) is 19.8 Å². The summed E-state index contributed by atoms with van der Waals surface area (Å²) < 4.78 is 25.8. The molecule has 0 radical (unpaired) electrons. The summed E-state index contributed by atoms with van der Waals surface area (Å²) in [7, 11) is -3.74. The molecule has 4 rings (SSSR count). The molecule has 1 atom stereocenters. The van der Waals surface area contributed by atoms with Crippen LogP contribution in [-0.2, 0) is 10.0 Å². The topological polar surface area (TPSA) is 99.0 Å². The first-order valence-electron chi connectivity index (χ1n) is 8.31. The average molecular weight is 357 g/mol. The Morgan fingerprint density at radius 3 is 2.84 bits per heavy atom. The Balaban J connectivity index is 1.65. The van der Waals surface area contributed by atoms with E-state index in [2.05, 4.69) is 20.9 Å². The zero-order valence-corrected chi connectivity index (χ0v) is 14.8. The Hall–Kier alpha value is -2.08. The maximum atomic E-state index is 12.9. The summed E-state index contributed by atoms with van der Waals surface area (Å²) in [6.07, 6.45) is 6.36. The Morgan fingerprint density at radius 2 is 2.12 bits per heavy atom. The van der Waals surface area contributed by atoms with Crippen LogP contribution < -0.4 is 4.83 Å². The van der Waals surface area contributed by atoms with Gasteiger partial charge in [0, 0.05) is 18.1 Å². The molecule has 2 heterocycles. The minimum Gasteiger partial charge on any atom is -0.244 e. The van der Waals surface area contributed by atoms with E-state index in [0.717, 1.165) is 25.7 Å². The fourth-order valence-corrected chi connectivity index (χ4v) is 5.05. The van der Waals surface area contributed by atoms with E-state index in [1.807, 2.05) is 6.92 Å². The van der Waals surface area contributed by atoms with Crippen molar-refractivity contribution < 1.29 is 8.42 Å². The molecule has 0 spiro atoms. The number of nitriles is 1. The summed E-state index contributed by atoms with van der Waals surface area (Å²) in [6.45, 7) is 2.60. The molecule has 7 nitrogen and oxygen atoms in total. The van der Waals surface area contributed by atoms with Crippen LogP contribution in [0.5, 0.6) is 0 Å². The zero-order valence-electron chi connectivity index (χ0n) is 13.9. The number of hydrogen-bond acceptors (Lipinski definition) is 6. The average Bonchev–Trinajstić information content (AvgIpc) is 3.34. The van der Waals surface area contributed by atoms with Crippen LogP contribution in [0.2, 0.25) is 0 Å². The van der Waals surface area contributed by atoms with E-state index in [-0.39, 0.29) is 4.90 Å². The number of hydrazine groups is 1. The molecule has 1 N–H and O–H groups in total. The third-order valence-corrected chi connectivity index (χ3v) is 6.99. The molecule has 1 aliphatic carbocycles. The van der Waals surface area contributed by atoms with Gasteiger partial charge in [0.25, 0.3) is 10.0 Å². The van der Waals surface area contributed by atoms with Crippen molar-refractivity contribution in [1.29, 1.82) is 5.26 Å². The van der Waals surface area contributed by atoms with Gasteiger partial charge >= 0.3 is 0 Å². The van der Waals surface area contributed by atoms with E-state index in [1.165, 1.54) is 6.33 Å². The normalized spacial score (nSPS) is 25.8. The lowest BCUT2D eigenvalue weighted by molar-refractivity contribution is 0.0794. The number of rotatable bonds is 4. The Bertz CT molecular complexity index is 980. The number of fused-ring (bicyclic) bond motifs is 1. The molecule has 1 aromatic carbocycles. The van der Waals surface area contributed by atoms with Crippen LogP contribution in [0, 0.1) is 16.7 Å². The molecule has 2 aromatic rings. The molecular formula is C17H19N5O2S. The molecule has 1 saturated heterocycles. The highest BCUT2D eigenvalue weighted by molar-refractivity contribution is 7.89. The molecule has 1 aromatic heterocycles. The number of hydrogen-bond donors (Lipinski definition) is 1. The largest absolute Gasteiger partial charge is 0.253 e. The van der Waals surface area contributed by atoms with Crippen LogP contribution in [0.1, 0.15) is 32.6 Å². The van der Waals surface area contributed by atoms with Crippen molar-refractivity contribution in [2.75, 3.05) is 6.54 Å². The number of aromatic nitrogens is 2. The quantitative estimate of drug-likeness (QED) is 0.898. The molecule has 130 valence electrons. The predicted octanol–water partition coefficient (Wildman–Crippen LogP) is 1.98. The van der Waals surface area contributed by atoms with Crippen molar-refractivity contribution in [2.45, 2.75) is 43.0 Å². The van der Waals surface area contributed by atoms with Crippen LogP contribution in [0.15, 0.2) is 35.6 Å². The van der Waals surface area contributed by atoms with Crippen molar-refractivity contribution in [3.05, 3.63) is 30.7 Å². The molecule has 1 aliphatic heterocycles. The molecule has 0 amide bonds. The van der Waals surface area contributed by atoms with E-state index < -0.39 is 21.0 Å². The number of nitrogens with one attached hydrogen (secondary N) is 1. The smallest absolute Gasteiger partial charge is 0.244 e. The van der Waals surface area contributed by atoms with Gasteiger partial charge in [-0.2, -0.15) is 5.26 Å². The van der Waals surface area contributed by atoms with Crippen molar-refractivity contribution >= 4 is 20.9 Å². The van der Waals surface area contributed by atoms with Crippen molar-refractivity contribution in [2.24, 2.45) is 5.41 Å². The van der Waals surface area contributed by atoms with Crippen LogP contribution in [0.4, 0.5) is 0 Å². The fourth-order valence-electron chi connectivity index (χ4n) is 3.83. The maximum absolute atomic E-state index is 12.9. The third-order valence-electron chi connectivity index (χ3n) is 5.65. The van der Waals surface area contributed by atoms with Gasteiger partial charge in [-0.15, -0.1) is 4.83 Å². The molecule has 8 heteroatoms. The second kappa shape index (κ2) is 5.46. The van der Waals surface area contributed by atoms with Gasteiger partial charge in [0.2, 0.25) is 0 Å². The fraction of sp³-hybridized carbons (Fsp3) is 0.471. The lowest BCUT2D eigenvalue weighted by Gasteiger charge is -2.38. The monoisotopic (exact) mass is 357 g/mol. The predicted molar refractivity (Wildman–Crippen MR) is 91.5 cm³/mol. The molecular weight excluding hydrogens is 338 g/mol. The van der Waals surface area contributed by atoms with Gasteiger partial charge in [-0.25, -0.2) is 23.4 Å².